The van der Waals surface area contributed by atoms with Gasteiger partial charge in [-0.25, -0.2) is 0 Å². The van der Waals surface area contributed by atoms with E-state index in [0.717, 1.165) is 10.0 Å². The highest BCUT2D eigenvalue weighted by Crippen LogP contribution is 2.09. The van der Waals surface area contributed by atoms with Crippen LogP contribution in [0.1, 0.15) is 17.3 Å². The summed E-state index contributed by atoms with van der Waals surface area (Å²) < 4.78 is 0.792. The average molecular weight is 255 g/mol. The minimum absolute atomic E-state index is 0.137. The lowest BCUT2D eigenvalue weighted by Crippen LogP contribution is -2.24. The van der Waals surface area contributed by atoms with Crippen molar-refractivity contribution in [3.8, 4) is 0 Å². The first kappa shape index (κ1) is 10.9. The van der Waals surface area contributed by atoms with Gasteiger partial charge >= 0.3 is 0 Å². The largest absolute Gasteiger partial charge is 0.348 e. The van der Waals surface area contributed by atoms with Gasteiger partial charge < -0.3 is 5.32 Å². The van der Waals surface area contributed by atoms with Crippen molar-refractivity contribution >= 4 is 21.8 Å². The van der Waals surface area contributed by atoms with E-state index in [9.17, 15) is 4.79 Å². The molecule has 1 heterocycles. The second-order valence-corrected chi connectivity index (χ2v) is 3.95. The van der Waals surface area contributed by atoms with Crippen LogP contribution < -0.4 is 5.32 Å². The summed E-state index contributed by atoms with van der Waals surface area (Å²) in [4.78, 5) is 15.4. The van der Waals surface area contributed by atoms with Gasteiger partial charge in [0.05, 0.1) is 5.56 Å². The molecule has 0 spiro atoms. The Kier molecular flexibility index (Phi) is 3.83. The molecule has 1 N–H and O–H groups in total. The Morgan fingerprint density at radius 3 is 2.93 bits per heavy atom. The maximum absolute atomic E-state index is 11.5. The second-order valence-electron chi connectivity index (χ2n) is 3.03. The third kappa shape index (κ3) is 3.30. The van der Waals surface area contributed by atoms with Crippen molar-refractivity contribution in [1.82, 2.24) is 10.3 Å². The molecule has 0 fully saturated rings. The first-order valence-electron chi connectivity index (χ1n) is 4.12. The average Bonchev–Trinajstić information content (AvgIpc) is 2.14. The molecule has 0 unspecified atom stereocenters. The van der Waals surface area contributed by atoms with Gasteiger partial charge in [0.25, 0.3) is 5.91 Å². The Hall–Kier alpha value is -1.16. The number of amides is 1. The van der Waals surface area contributed by atoms with Gasteiger partial charge in [0, 0.05) is 23.4 Å². The Morgan fingerprint density at radius 1 is 1.64 bits per heavy atom. The van der Waals surface area contributed by atoms with Gasteiger partial charge in [0.1, 0.15) is 0 Å². The van der Waals surface area contributed by atoms with Gasteiger partial charge in [-0.15, -0.1) is 0 Å². The van der Waals surface area contributed by atoms with Crippen molar-refractivity contribution in [3.05, 3.63) is 40.6 Å². The normalized spacial score (nSPS) is 9.57. The van der Waals surface area contributed by atoms with E-state index in [1.165, 1.54) is 6.20 Å². The van der Waals surface area contributed by atoms with Crippen molar-refractivity contribution in [2.75, 3.05) is 6.54 Å². The van der Waals surface area contributed by atoms with Crippen LogP contribution in [0.4, 0.5) is 0 Å². The lowest BCUT2D eigenvalue weighted by Gasteiger charge is -2.04. The molecule has 3 nitrogen and oxygen atoms in total. The smallest absolute Gasteiger partial charge is 0.253 e. The van der Waals surface area contributed by atoms with Crippen LogP contribution in [-0.4, -0.2) is 17.4 Å². The Morgan fingerprint density at radius 2 is 2.36 bits per heavy atom. The molecular formula is C10H11BrN2O. The molecule has 0 aliphatic rings. The highest BCUT2D eigenvalue weighted by atomic mass is 79.9. The molecule has 1 aromatic heterocycles. The summed E-state index contributed by atoms with van der Waals surface area (Å²) >= 11 is 3.25. The zero-order valence-corrected chi connectivity index (χ0v) is 9.47. The fourth-order valence-corrected chi connectivity index (χ4v) is 1.23. The van der Waals surface area contributed by atoms with E-state index in [0.29, 0.717) is 12.1 Å². The van der Waals surface area contributed by atoms with Crippen LogP contribution in [0.25, 0.3) is 0 Å². The summed E-state index contributed by atoms with van der Waals surface area (Å²) in [5.74, 6) is -0.137. The Bertz CT molecular complexity index is 363. The summed E-state index contributed by atoms with van der Waals surface area (Å²) in [6.07, 6.45) is 3.16. The topological polar surface area (TPSA) is 42.0 Å². The van der Waals surface area contributed by atoms with Crippen LogP contribution in [0.3, 0.4) is 0 Å². The van der Waals surface area contributed by atoms with Crippen molar-refractivity contribution in [2.24, 2.45) is 0 Å². The van der Waals surface area contributed by atoms with Crippen LogP contribution in [0, 0.1) is 0 Å². The van der Waals surface area contributed by atoms with Crippen LogP contribution in [0.2, 0.25) is 0 Å². The Balaban J connectivity index is 2.65. The van der Waals surface area contributed by atoms with E-state index in [1.54, 1.807) is 12.3 Å². The predicted octanol–water partition coefficient (Wildman–Crippen LogP) is 2.15. The third-order valence-corrected chi connectivity index (χ3v) is 1.95. The number of pyridine rings is 1. The van der Waals surface area contributed by atoms with Crippen molar-refractivity contribution in [2.45, 2.75) is 6.92 Å². The number of halogens is 1. The molecule has 74 valence electrons. The van der Waals surface area contributed by atoms with Crippen LogP contribution >= 0.6 is 15.9 Å². The van der Waals surface area contributed by atoms with Gasteiger partial charge in [0.15, 0.2) is 0 Å². The molecule has 1 aromatic rings. The SMILES string of the molecule is C=C(C)CNC(=O)c1cncc(Br)c1. The number of nitrogens with one attached hydrogen (secondary N) is 1. The first-order valence-corrected chi connectivity index (χ1v) is 4.92. The third-order valence-electron chi connectivity index (χ3n) is 1.52. The minimum atomic E-state index is -0.137. The molecular weight excluding hydrogens is 244 g/mol. The van der Waals surface area contributed by atoms with Crippen LogP contribution in [-0.2, 0) is 0 Å². The summed E-state index contributed by atoms with van der Waals surface area (Å²) in [6, 6.07) is 1.72. The second kappa shape index (κ2) is 4.91. The van der Waals surface area contributed by atoms with E-state index in [-0.39, 0.29) is 5.91 Å². The number of hydrogen-bond donors (Lipinski definition) is 1. The fraction of sp³-hybridized carbons (Fsp3) is 0.200. The molecule has 0 aliphatic heterocycles. The molecule has 0 aromatic carbocycles. The molecule has 0 saturated carbocycles. The van der Waals surface area contributed by atoms with Crippen molar-refractivity contribution in [1.29, 1.82) is 0 Å². The lowest BCUT2D eigenvalue weighted by molar-refractivity contribution is 0.0956. The van der Waals surface area contributed by atoms with E-state index >= 15 is 0 Å². The molecule has 0 saturated heterocycles. The van der Waals surface area contributed by atoms with Gasteiger partial charge in [-0.1, -0.05) is 12.2 Å². The zero-order valence-electron chi connectivity index (χ0n) is 7.88. The van der Waals surface area contributed by atoms with Crippen molar-refractivity contribution < 1.29 is 4.79 Å². The molecule has 0 radical (unpaired) electrons. The van der Waals surface area contributed by atoms with Crippen molar-refractivity contribution in [3.63, 3.8) is 0 Å². The molecule has 1 rings (SSSR count). The van der Waals surface area contributed by atoms with Gasteiger partial charge in [0.2, 0.25) is 0 Å². The van der Waals surface area contributed by atoms with E-state index in [4.69, 9.17) is 0 Å². The molecule has 0 bridgehead atoms. The molecule has 14 heavy (non-hydrogen) atoms. The van der Waals surface area contributed by atoms with E-state index < -0.39 is 0 Å². The molecule has 0 aliphatic carbocycles. The van der Waals surface area contributed by atoms with E-state index in [1.807, 2.05) is 6.92 Å². The summed E-state index contributed by atoms with van der Waals surface area (Å²) in [5, 5.41) is 2.73. The van der Waals surface area contributed by atoms with Gasteiger partial charge in [-0.05, 0) is 28.9 Å². The van der Waals surface area contributed by atoms with Crippen LogP contribution in [0.15, 0.2) is 35.1 Å². The monoisotopic (exact) mass is 254 g/mol. The number of carbonyl (C=O) groups is 1. The molecule has 0 atom stereocenters. The molecule has 4 heteroatoms. The minimum Gasteiger partial charge on any atom is -0.348 e. The standard InChI is InChI=1S/C10H11BrN2O/c1-7(2)4-13-10(14)8-3-9(11)6-12-5-8/h3,5-6H,1,4H2,2H3,(H,13,14). The highest BCUT2D eigenvalue weighted by Gasteiger charge is 2.04. The van der Waals surface area contributed by atoms with Gasteiger partial charge in [-0.3, -0.25) is 9.78 Å². The number of nitrogens with zero attached hydrogens (tertiary/aromatic N) is 1. The van der Waals surface area contributed by atoms with E-state index in [2.05, 4.69) is 32.8 Å². The maximum atomic E-state index is 11.5. The Labute approximate surface area is 91.4 Å². The highest BCUT2D eigenvalue weighted by molar-refractivity contribution is 9.10. The summed E-state index contributed by atoms with van der Waals surface area (Å²) in [7, 11) is 0. The predicted molar refractivity (Wildman–Crippen MR) is 59.1 cm³/mol. The lowest BCUT2D eigenvalue weighted by atomic mass is 10.2. The zero-order chi connectivity index (χ0) is 10.6. The quantitative estimate of drug-likeness (QED) is 0.841. The first-order chi connectivity index (χ1) is 6.59. The van der Waals surface area contributed by atoms with Crippen LogP contribution in [0.5, 0.6) is 0 Å². The van der Waals surface area contributed by atoms with Gasteiger partial charge in [-0.2, -0.15) is 0 Å². The fourth-order valence-electron chi connectivity index (χ4n) is 0.869. The maximum Gasteiger partial charge on any atom is 0.253 e. The number of aromatic nitrogens is 1. The summed E-state index contributed by atoms with van der Waals surface area (Å²) in [6.45, 7) is 6.05. The number of rotatable bonds is 3. The molecule has 1 amide bonds. The number of hydrogen-bond acceptors (Lipinski definition) is 2. The summed E-state index contributed by atoms with van der Waals surface area (Å²) in [5.41, 5.74) is 1.46. The number of carbonyl (C=O) groups excluding carboxylic acids is 1.